The number of hydrogen-bond acceptors (Lipinski definition) is 4. The van der Waals surface area contributed by atoms with E-state index in [-0.39, 0.29) is 5.69 Å². The molecule has 2 aromatic carbocycles. The molecule has 0 heterocycles. The average Bonchev–Trinajstić information content (AvgIpc) is 2.40. The fourth-order valence-corrected chi connectivity index (χ4v) is 1.74. The average molecular weight is 241 g/mol. The molecule has 0 aliphatic heterocycles. The number of nitro benzene ring substituents is 1. The summed E-state index contributed by atoms with van der Waals surface area (Å²) in [5, 5.41) is 14.2. The number of benzene rings is 2. The van der Waals surface area contributed by atoms with Gasteiger partial charge >= 0.3 is 0 Å². The summed E-state index contributed by atoms with van der Waals surface area (Å²) in [4.78, 5) is 10.3. The molecule has 5 nitrogen and oxygen atoms in total. The van der Waals surface area contributed by atoms with Crippen molar-refractivity contribution >= 4 is 11.9 Å². The minimum absolute atomic E-state index is 0.0620. The lowest BCUT2D eigenvalue weighted by Gasteiger charge is -2.05. The molecule has 90 valence electrons. The van der Waals surface area contributed by atoms with Crippen molar-refractivity contribution in [1.82, 2.24) is 0 Å². The fourth-order valence-electron chi connectivity index (χ4n) is 1.74. The molecule has 2 rings (SSSR count). The van der Waals surface area contributed by atoms with E-state index in [2.05, 4.69) is 5.10 Å². The summed E-state index contributed by atoms with van der Waals surface area (Å²) in [6.45, 7) is 0. The van der Waals surface area contributed by atoms with Crippen molar-refractivity contribution in [2.45, 2.75) is 0 Å². The number of nitrogens with two attached hydrogens (primary N) is 1. The summed E-state index contributed by atoms with van der Waals surface area (Å²) >= 11 is 0. The molecule has 0 saturated carbocycles. The standard InChI is InChI=1S/C13H11N3O2/c14-15-9-11-4-1-2-7-13(11)10-5-3-6-12(8-10)16(17)18/h1-9H,14H2. The number of nitro groups is 1. The third-order valence-electron chi connectivity index (χ3n) is 2.54. The zero-order valence-electron chi connectivity index (χ0n) is 9.48. The first kappa shape index (κ1) is 11.8. The summed E-state index contributed by atoms with van der Waals surface area (Å²) < 4.78 is 0. The third kappa shape index (κ3) is 2.35. The second-order valence-electron chi connectivity index (χ2n) is 3.67. The van der Waals surface area contributed by atoms with Crippen LogP contribution in [-0.2, 0) is 0 Å². The van der Waals surface area contributed by atoms with Gasteiger partial charge in [0.15, 0.2) is 0 Å². The van der Waals surface area contributed by atoms with E-state index in [9.17, 15) is 10.1 Å². The van der Waals surface area contributed by atoms with Crippen molar-refractivity contribution in [2.24, 2.45) is 10.9 Å². The van der Waals surface area contributed by atoms with Gasteiger partial charge in [0.05, 0.1) is 11.1 Å². The quantitative estimate of drug-likeness (QED) is 0.388. The Labute approximate surface area is 104 Å². The molecule has 0 radical (unpaired) electrons. The molecule has 18 heavy (non-hydrogen) atoms. The van der Waals surface area contributed by atoms with Gasteiger partial charge in [0.2, 0.25) is 0 Å². The minimum atomic E-state index is -0.414. The summed E-state index contributed by atoms with van der Waals surface area (Å²) in [5.74, 6) is 5.15. The van der Waals surface area contributed by atoms with E-state index >= 15 is 0 Å². The Balaban J connectivity index is 2.55. The molecule has 0 amide bonds. The predicted octanol–water partition coefficient (Wildman–Crippen LogP) is 2.55. The first-order chi connectivity index (χ1) is 8.72. The van der Waals surface area contributed by atoms with E-state index in [0.717, 1.165) is 16.7 Å². The molecule has 0 aromatic heterocycles. The number of hydrogen-bond donors (Lipinski definition) is 1. The van der Waals surface area contributed by atoms with Crippen LogP contribution in [0.25, 0.3) is 11.1 Å². The summed E-state index contributed by atoms with van der Waals surface area (Å²) in [5.41, 5.74) is 2.50. The lowest BCUT2D eigenvalue weighted by Crippen LogP contribution is -1.92. The fraction of sp³-hybridized carbons (Fsp3) is 0. The summed E-state index contributed by atoms with van der Waals surface area (Å²) in [6.07, 6.45) is 1.52. The topological polar surface area (TPSA) is 81.5 Å². The molecule has 0 saturated heterocycles. The molecule has 0 atom stereocenters. The van der Waals surface area contributed by atoms with Gasteiger partial charge in [-0.15, -0.1) is 0 Å². The monoisotopic (exact) mass is 241 g/mol. The van der Waals surface area contributed by atoms with Gasteiger partial charge < -0.3 is 5.84 Å². The number of rotatable bonds is 3. The molecule has 0 unspecified atom stereocenters. The molecule has 0 aliphatic carbocycles. The zero-order valence-corrected chi connectivity index (χ0v) is 9.48. The predicted molar refractivity (Wildman–Crippen MR) is 70.3 cm³/mol. The van der Waals surface area contributed by atoms with Crippen LogP contribution in [0.2, 0.25) is 0 Å². The van der Waals surface area contributed by atoms with Crippen molar-refractivity contribution in [1.29, 1.82) is 0 Å². The van der Waals surface area contributed by atoms with E-state index in [1.807, 2.05) is 30.3 Å². The van der Waals surface area contributed by atoms with Crippen LogP contribution >= 0.6 is 0 Å². The first-order valence-electron chi connectivity index (χ1n) is 5.29. The molecule has 5 heteroatoms. The van der Waals surface area contributed by atoms with Gasteiger partial charge in [0.1, 0.15) is 0 Å². The van der Waals surface area contributed by atoms with Crippen LogP contribution in [-0.4, -0.2) is 11.1 Å². The highest BCUT2D eigenvalue weighted by Crippen LogP contribution is 2.26. The smallest absolute Gasteiger partial charge is 0.270 e. The number of nitrogens with zero attached hydrogens (tertiary/aromatic N) is 2. The van der Waals surface area contributed by atoms with Gasteiger partial charge in [-0.05, 0) is 11.1 Å². The first-order valence-corrected chi connectivity index (χ1v) is 5.29. The van der Waals surface area contributed by atoms with Crippen LogP contribution in [0.5, 0.6) is 0 Å². The van der Waals surface area contributed by atoms with E-state index in [0.29, 0.717) is 0 Å². The van der Waals surface area contributed by atoms with Crippen molar-refractivity contribution in [3.05, 3.63) is 64.2 Å². The largest absolute Gasteiger partial charge is 0.323 e. The minimum Gasteiger partial charge on any atom is -0.323 e. The lowest BCUT2D eigenvalue weighted by atomic mass is 10.00. The van der Waals surface area contributed by atoms with E-state index < -0.39 is 4.92 Å². The Kier molecular flexibility index (Phi) is 3.33. The van der Waals surface area contributed by atoms with Crippen LogP contribution in [0.4, 0.5) is 5.69 Å². The van der Waals surface area contributed by atoms with Crippen LogP contribution in [0.3, 0.4) is 0 Å². The Bertz CT molecular complexity index is 609. The van der Waals surface area contributed by atoms with E-state index in [1.165, 1.54) is 18.3 Å². The van der Waals surface area contributed by atoms with Gasteiger partial charge in [-0.25, -0.2) is 0 Å². The van der Waals surface area contributed by atoms with Crippen LogP contribution in [0, 0.1) is 10.1 Å². The Hall–Kier alpha value is -2.69. The second kappa shape index (κ2) is 5.09. The Morgan fingerprint density at radius 1 is 1.17 bits per heavy atom. The molecule has 0 aliphatic rings. The summed E-state index contributed by atoms with van der Waals surface area (Å²) in [6, 6.07) is 13.9. The van der Waals surface area contributed by atoms with Gasteiger partial charge in [0.25, 0.3) is 5.69 Å². The molecule has 2 N–H and O–H groups in total. The highest BCUT2D eigenvalue weighted by atomic mass is 16.6. The maximum atomic E-state index is 10.8. The second-order valence-corrected chi connectivity index (χ2v) is 3.67. The van der Waals surface area contributed by atoms with E-state index in [1.54, 1.807) is 6.07 Å². The Morgan fingerprint density at radius 3 is 2.67 bits per heavy atom. The maximum absolute atomic E-state index is 10.8. The maximum Gasteiger partial charge on any atom is 0.270 e. The van der Waals surface area contributed by atoms with Crippen LogP contribution in [0.1, 0.15) is 5.56 Å². The van der Waals surface area contributed by atoms with Crippen molar-refractivity contribution < 1.29 is 4.92 Å². The zero-order chi connectivity index (χ0) is 13.0. The number of hydrazone groups is 1. The van der Waals surface area contributed by atoms with Gasteiger partial charge in [-0.2, -0.15) is 5.10 Å². The summed E-state index contributed by atoms with van der Waals surface area (Å²) in [7, 11) is 0. The molecular weight excluding hydrogens is 230 g/mol. The van der Waals surface area contributed by atoms with E-state index in [4.69, 9.17) is 5.84 Å². The Morgan fingerprint density at radius 2 is 1.94 bits per heavy atom. The highest BCUT2D eigenvalue weighted by molar-refractivity contribution is 5.90. The van der Waals surface area contributed by atoms with Gasteiger partial charge in [-0.3, -0.25) is 10.1 Å². The lowest BCUT2D eigenvalue weighted by molar-refractivity contribution is -0.384. The number of non-ortho nitro benzene ring substituents is 1. The van der Waals surface area contributed by atoms with Crippen molar-refractivity contribution in [2.75, 3.05) is 0 Å². The van der Waals surface area contributed by atoms with Crippen molar-refractivity contribution in [3.8, 4) is 11.1 Å². The normalized spacial score (nSPS) is 10.7. The van der Waals surface area contributed by atoms with Crippen LogP contribution < -0.4 is 5.84 Å². The molecular formula is C13H11N3O2. The van der Waals surface area contributed by atoms with Crippen molar-refractivity contribution in [3.63, 3.8) is 0 Å². The van der Waals surface area contributed by atoms with Gasteiger partial charge in [-0.1, -0.05) is 36.4 Å². The molecule has 0 fully saturated rings. The molecule has 2 aromatic rings. The molecule has 0 bridgehead atoms. The SMILES string of the molecule is NN=Cc1ccccc1-c1cccc([N+](=O)[O-])c1. The highest BCUT2D eigenvalue weighted by Gasteiger charge is 2.08. The van der Waals surface area contributed by atoms with Gasteiger partial charge in [0, 0.05) is 17.7 Å². The molecule has 0 spiro atoms. The van der Waals surface area contributed by atoms with Crippen LogP contribution in [0.15, 0.2) is 53.6 Å². The third-order valence-corrected chi connectivity index (χ3v) is 2.54.